The summed E-state index contributed by atoms with van der Waals surface area (Å²) < 4.78 is 5.36. The zero-order valence-electron chi connectivity index (χ0n) is 12.7. The van der Waals surface area contributed by atoms with Crippen molar-refractivity contribution in [2.75, 3.05) is 49.4 Å². The molecule has 0 aromatic rings. The van der Waals surface area contributed by atoms with Crippen LogP contribution in [-0.4, -0.2) is 88.9 Å². The van der Waals surface area contributed by atoms with Crippen LogP contribution in [0.15, 0.2) is 5.16 Å². The van der Waals surface area contributed by atoms with Gasteiger partial charge in [-0.1, -0.05) is 5.16 Å². The molecule has 3 atom stereocenters. The lowest BCUT2D eigenvalue weighted by molar-refractivity contribution is -0.140. The second-order valence-corrected chi connectivity index (χ2v) is 8.22. The summed E-state index contributed by atoms with van der Waals surface area (Å²) in [5.74, 6) is 2.96. The highest BCUT2D eigenvalue weighted by molar-refractivity contribution is 7.99. The van der Waals surface area contributed by atoms with E-state index in [9.17, 15) is 9.59 Å². The van der Waals surface area contributed by atoms with Gasteiger partial charge in [0.25, 0.3) is 5.91 Å². The molecule has 0 N–H and O–H groups in total. The summed E-state index contributed by atoms with van der Waals surface area (Å²) in [6, 6.07) is -0.375. The van der Waals surface area contributed by atoms with Crippen LogP contribution in [0, 0.1) is 5.92 Å². The Morgan fingerprint density at radius 1 is 1.17 bits per heavy atom. The third kappa shape index (κ3) is 2.83. The van der Waals surface area contributed by atoms with Crippen molar-refractivity contribution in [1.29, 1.82) is 0 Å². The van der Waals surface area contributed by atoms with Gasteiger partial charge < -0.3 is 19.4 Å². The standard InChI is InChI=1S/C14H19N3O4S2/c18-13(16-1-3-22-4-2-16)10-7-23-8-17(10)14(19)12-9-5-20-6-11(9)21-15-12/h9-11H,1-8H2/t9-,10?,11+/m0/s1. The quantitative estimate of drug-likeness (QED) is 0.685. The first-order chi connectivity index (χ1) is 11.3. The van der Waals surface area contributed by atoms with Crippen molar-refractivity contribution in [2.24, 2.45) is 11.1 Å². The van der Waals surface area contributed by atoms with E-state index in [4.69, 9.17) is 9.57 Å². The predicted octanol–water partition coefficient (Wildman–Crippen LogP) is -0.135. The van der Waals surface area contributed by atoms with E-state index in [2.05, 4.69) is 5.16 Å². The first-order valence-corrected chi connectivity index (χ1v) is 10.1. The van der Waals surface area contributed by atoms with Crippen molar-refractivity contribution in [3.05, 3.63) is 0 Å². The highest BCUT2D eigenvalue weighted by Gasteiger charge is 2.47. The molecule has 0 radical (unpaired) electrons. The minimum atomic E-state index is -0.375. The van der Waals surface area contributed by atoms with Gasteiger partial charge in [0.2, 0.25) is 5.91 Å². The minimum Gasteiger partial charge on any atom is -0.389 e. The fourth-order valence-corrected chi connectivity index (χ4v) is 5.32. The first-order valence-electron chi connectivity index (χ1n) is 7.82. The van der Waals surface area contributed by atoms with Crippen LogP contribution in [0.5, 0.6) is 0 Å². The molecule has 4 aliphatic rings. The Labute approximate surface area is 143 Å². The average molecular weight is 357 g/mol. The molecule has 4 aliphatic heterocycles. The molecule has 4 heterocycles. The number of rotatable bonds is 2. The van der Waals surface area contributed by atoms with E-state index >= 15 is 0 Å². The van der Waals surface area contributed by atoms with E-state index in [1.165, 1.54) is 0 Å². The van der Waals surface area contributed by atoms with Gasteiger partial charge in [-0.25, -0.2) is 0 Å². The Morgan fingerprint density at radius 3 is 2.83 bits per heavy atom. The summed E-state index contributed by atoms with van der Waals surface area (Å²) in [7, 11) is 0. The van der Waals surface area contributed by atoms with Crippen LogP contribution in [0.1, 0.15) is 0 Å². The van der Waals surface area contributed by atoms with Crippen LogP contribution in [0.2, 0.25) is 0 Å². The SMILES string of the molecule is O=C(C1CSCN1C(=O)C1=NO[C@@H]2COC[C@H]12)N1CCSCC1. The summed E-state index contributed by atoms with van der Waals surface area (Å²) in [4.78, 5) is 34.5. The molecule has 23 heavy (non-hydrogen) atoms. The highest BCUT2D eigenvalue weighted by atomic mass is 32.2. The molecule has 2 amide bonds. The van der Waals surface area contributed by atoms with Gasteiger partial charge in [-0.2, -0.15) is 11.8 Å². The fourth-order valence-electron chi connectivity index (χ4n) is 3.27. The molecule has 3 saturated heterocycles. The fraction of sp³-hybridized carbons (Fsp3) is 0.786. The number of fused-ring (bicyclic) bond motifs is 1. The summed E-state index contributed by atoms with van der Waals surface area (Å²) in [6.07, 6.45) is -0.141. The number of thioether (sulfide) groups is 2. The summed E-state index contributed by atoms with van der Waals surface area (Å²) in [6.45, 7) is 2.50. The molecule has 3 fully saturated rings. The molecule has 0 aromatic heterocycles. The van der Waals surface area contributed by atoms with Crippen molar-refractivity contribution in [1.82, 2.24) is 9.80 Å². The highest BCUT2D eigenvalue weighted by Crippen LogP contribution is 2.29. The van der Waals surface area contributed by atoms with E-state index in [0.29, 0.717) is 30.6 Å². The van der Waals surface area contributed by atoms with Gasteiger partial charge in [0.1, 0.15) is 6.04 Å². The Bertz CT molecular complexity index is 538. The van der Waals surface area contributed by atoms with Gasteiger partial charge in [-0.3, -0.25) is 9.59 Å². The van der Waals surface area contributed by atoms with Crippen LogP contribution in [0.25, 0.3) is 0 Å². The van der Waals surface area contributed by atoms with Crippen molar-refractivity contribution in [3.63, 3.8) is 0 Å². The molecule has 0 bridgehead atoms. The molecule has 0 aliphatic carbocycles. The number of carbonyl (C=O) groups is 2. The topological polar surface area (TPSA) is 71.4 Å². The zero-order chi connectivity index (χ0) is 15.8. The Balaban J connectivity index is 1.47. The first kappa shape index (κ1) is 15.6. The molecule has 9 heteroatoms. The van der Waals surface area contributed by atoms with Gasteiger partial charge in [0.15, 0.2) is 11.8 Å². The third-order valence-corrected chi connectivity index (χ3v) is 6.59. The monoisotopic (exact) mass is 357 g/mol. The van der Waals surface area contributed by atoms with E-state index in [-0.39, 0.29) is 29.9 Å². The molecule has 4 rings (SSSR count). The van der Waals surface area contributed by atoms with Crippen LogP contribution in [0.3, 0.4) is 0 Å². The maximum Gasteiger partial charge on any atom is 0.273 e. The number of amides is 2. The molecule has 0 saturated carbocycles. The Hall–Kier alpha value is -0.930. The second-order valence-electron chi connectivity index (χ2n) is 5.99. The molecule has 126 valence electrons. The van der Waals surface area contributed by atoms with Gasteiger partial charge in [0.05, 0.1) is 25.0 Å². The minimum absolute atomic E-state index is 0.0717. The molecule has 7 nitrogen and oxygen atoms in total. The lowest BCUT2D eigenvalue weighted by Crippen LogP contribution is -2.53. The summed E-state index contributed by atoms with van der Waals surface area (Å²) in [5.41, 5.74) is 0.419. The number of hydrogen-bond donors (Lipinski definition) is 0. The maximum atomic E-state index is 12.9. The number of hydrogen-bond acceptors (Lipinski definition) is 7. The van der Waals surface area contributed by atoms with E-state index in [1.807, 2.05) is 16.7 Å². The van der Waals surface area contributed by atoms with E-state index in [0.717, 1.165) is 24.6 Å². The number of ether oxygens (including phenoxy) is 1. The summed E-state index contributed by atoms with van der Waals surface area (Å²) >= 11 is 3.49. The molecular weight excluding hydrogens is 338 g/mol. The van der Waals surface area contributed by atoms with Gasteiger partial charge in [-0.15, -0.1) is 11.8 Å². The van der Waals surface area contributed by atoms with Crippen molar-refractivity contribution in [2.45, 2.75) is 12.1 Å². The maximum absolute atomic E-state index is 12.9. The zero-order valence-corrected chi connectivity index (χ0v) is 14.3. The van der Waals surface area contributed by atoms with Crippen molar-refractivity contribution in [3.8, 4) is 0 Å². The average Bonchev–Trinajstić information content (AvgIpc) is 3.30. The van der Waals surface area contributed by atoms with Gasteiger partial charge in [0, 0.05) is 30.3 Å². The van der Waals surface area contributed by atoms with Crippen LogP contribution in [-0.2, 0) is 19.2 Å². The number of carbonyl (C=O) groups excluding carboxylic acids is 2. The van der Waals surface area contributed by atoms with Crippen LogP contribution >= 0.6 is 23.5 Å². The summed E-state index contributed by atoms with van der Waals surface area (Å²) in [5, 5.41) is 3.98. The second kappa shape index (κ2) is 6.52. The normalized spacial score (nSPS) is 33.4. The van der Waals surface area contributed by atoms with E-state index < -0.39 is 0 Å². The van der Waals surface area contributed by atoms with Crippen LogP contribution < -0.4 is 0 Å². The third-order valence-electron chi connectivity index (χ3n) is 4.64. The lowest BCUT2D eigenvalue weighted by atomic mass is 9.99. The number of nitrogens with zero attached hydrogens (tertiary/aromatic N) is 3. The van der Waals surface area contributed by atoms with Gasteiger partial charge in [-0.05, 0) is 0 Å². The predicted molar refractivity (Wildman–Crippen MR) is 88.5 cm³/mol. The van der Waals surface area contributed by atoms with Gasteiger partial charge >= 0.3 is 0 Å². The van der Waals surface area contributed by atoms with Crippen molar-refractivity contribution < 1.29 is 19.2 Å². The number of oxime groups is 1. The lowest BCUT2D eigenvalue weighted by Gasteiger charge is -2.32. The largest absolute Gasteiger partial charge is 0.389 e. The molecule has 0 spiro atoms. The Morgan fingerprint density at radius 2 is 2.00 bits per heavy atom. The molecule has 1 unspecified atom stereocenters. The molecular formula is C14H19N3O4S2. The Kier molecular flexibility index (Phi) is 4.42. The van der Waals surface area contributed by atoms with E-state index in [1.54, 1.807) is 16.7 Å². The smallest absolute Gasteiger partial charge is 0.273 e. The van der Waals surface area contributed by atoms with Crippen LogP contribution in [0.4, 0.5) is 0 Å². The van der Waals surface area contributed by atoms with Crippen molar-refractivity contribution >= 4 is 41.0 Å². The molecule has 0 aromatic carbocycles.